The summed E-state index contributed by atoms with van der Waals surface area (Å²) in [6, 6.07) is 4.74. The van der Waals surface area contributed by atoms with Crippen molar-refractivity contribution in [3.63, 3.8) is 0 Å². The fourth-order valence-electron chi connectivity index (χ4n) is 1.31. The SMILES string of the molecule is FC(F)(F)c1cnc(-c2c(Cl)cccc2Cl)nc1. The highest BCUT2D eigenvalue weighted by Crippen LogP contribution is 2.33. The van der Waals surface area contributed by atoms with Gasteiger partial charge in [-0.1, -0.05) is 29.3 Å². The van der Waals surface area contributed by atoms with Gasteiger partial charge in [-0.25, -0.2) is 9.97 Å². The van der Waals surface area contributed by atoms with Gasteiger partial charge in [-0.2, -0.15) is 13.2 Å². The number of aromatic nitrogens is 2. The van der Waals surface area contributed by atoms with Gasteiger partial charge in [0.25, 0.3) is 0 Å². The van der Waals surface area contributed by atoms with E-state index in [0.717, 1.165) is 0 Å². The van der Waals surface area contributed by atoms with Crippen molar-refractivity contribution in [2.24, 2.45) is 0 Å². The van der Waals surface area contributed by atoms with Crippen LogP contribution in [0.1, 0.15) is 5.56 Å². The van der Waals surface area contributed by atoms with E-state index in [-0.39, 0.29) is 15.9 Å². The molecule has 1 heterocycles. The van der Waals surface area contributed by atoms with Crippen molar-refractivity contribution in [3.05, 3.63) is 46.2 Å². The zero-order valence-electron chi connectivity index (χ0n) is 8.67. The number of hydrogen-bond donors (Lipinski definition) is 0. The van der Waals surface area contributed by atoms with Gasteiger partial charge in [-0.3, -0.25) is 0 Å². The van der Waals surface area contributed by atoms with Crippen molar-refractivity contribution < 1.29 is 13.2 Å². The van der Waals surface area contributed by atoms with Gasteiger partial charge in [0.1, 0.15) is 0 Å². The predicted molar refractivity (Wildman–Crippen MR) is 62.5 cm³/mol. The van der Waals surface area contributed by atoms with Gasteiger partial charge in [0.2, 0.25) is 0 Å². The van der Waals surface area contributed by atoms with E-state index < -0.39 is 11.7 Å². The van der Waals surface area contributed by atoms with Gasteiger partial charge in [0.15, 0.2) is 5.82 Å². The van der Waals surface area contributed by atoms with Crippen LogP contribution in [0.15, 0.2) is 30.6 Å². The van der Waals surface area contributed by atoms with Crippen molar-refractivity contribution in [2.75, 3.05) is 0 Å². The third-order valence-corrected chi connectivity index (χ3v) is 2.80. The maximum absolute atomic E-state index is 12.3. The van der Waals surface area contributed by atoms with Crippen LogP contribution < -0.4 is 0 Å². The van der Waals surface area contributed by atoms with Crippen LogP contribution in [-0.2, 0) is 6.18 Å². The third kappa shape index (κ3) is 2.57. The first-order chi connectivity index (χ1) is 8.39. The molecule has 0 amide bonds. The molecule has 1 aromatic heterocycles. The summed E-state index contributed by atoms with van der Waals surface area (Å²) >= 11 is 11.8. The van der Waals surface area contributed by atoms with Crippen LogP contribution in [0.3, 0.4) is 0 Å². The number of nitrogens with zero attached hydrogens (tertiary/aromatic N) is 2. The molecule has 0 saturated heterocycles. The topological polar surface area (TPSA) is 25.8 Å². The standard InChI is InChI=1S/C11H5Cl2F3N2/c12-7-2-1-3-8(13)9(7)10-17-4-6(5-18-10)11(14,15)16/h1-5H. The van der Waals surface area contributed by atoms with Crippen LogP contribution in [0.4, 0.5) is 13.2 Å². The van der Waals surface area contributed by atoms with Crippen LogP contribution in [-0.4, -0.2) is 9.97 Å². The van der Waals surface area contributed by atoms with Gasteiger partial charge in [0.05, 0.1) is 21.2 Å². The molecule has 2 rings (SSSR count). The highest BCUT2D eigenvalue weighted by Gasteiger charge is 2.31. The zero-order chi connectivity index (χ0) is 13.3. The monoisotopic (exact) mass is 292 g/mol. The summed E-state index contributed by atoms with van der Waals surface area (Å²) in [5.41, 5.74) is -0.607. The Bertz CT molecular complexity index is 547. The van der Waals surface area contributed by atoms with Crippen molar-refractivity contribution in [1.29, 1.82) is 0 Å². The Morgan fingerprint density at radius 3 is 1.89 bits per heavy atom. The first-order valence-corrected chi connectivity index (χ1v) is 5.49. The van der Waals surface area contributed by atoms with Crippen molar-refractivity contribution in [2.45, 2.75) is 6.18 Å². The lowest BCUT2D eigenvalue weighted by molar-refractivity contribution is -0.138. The first-order valence-electron chi connectivity index (χ1n) is 4.73. The Hall–Kier alpha value is -1.33. The molecular weight excluding hydrogens is 288 g/mol. The van der Waals surface area contributed by atoms with E-state index in [1.54, 1.807) is 18.2 Å². The number of rotatable bonds is 1. The Morgan fingerprint density at radius 1 is 0.944 bits per heavy atom. The number of halogens is 5. The fourth-order valence-corrected chi connectivity index (χ4v) is 1.88. The minimum atomic E-state index is -4.47. The first kappa shape index (κ1) is 13.1. The van der Waals surface area contributed by atoms with Crippen LogP contribution in [0.25, 0.3) is 11.4 Å². The van der Waals surface area contributed by atoms with Crippen molar-refractivity contribution in [3.8, 4) is 11.4 Å². The molecule has 94 valence electrons. The summed E-state index contributed by atoms with van der Waals surface area (Å²) in [5, 5.41) is 0.560. The molecule has 0 saturated carbocycles. The molecule has 18 heavy (non-hydrogen) atoms. The lowest BCUT2D eigenvalue weighted by Gasteiger charge is -2.08. The molecule has 7 heteroatoms. The highest BCUT2D eigenvalue weighted by atomic mass is 35.5. The molecule has 0 bridgehead atoms. The maximum atomic E-state index is 12.3. The lowest BCUT2D eigenvalue weighted by Crippen LogP contribution is -2.06. The van der Waals surface area contributed by atoms with Crippen LogP contribution in [0.5, 0.6) is 0 Å². The van der Waals surface area contributed by atoms with Crippen molar-refractivity contribution >= 4 is 23.2 Å². The van der Waals surface area contributed by atoms with E-state index >= 15 is 0 Å². The Morgan fingerprint density at radius 2 is 1.44 bits per heavy atom. The van der Waals surface area contributed by atoms with E-state index in [9.17, 15) is 13.2 Å². The third-order valence-electron chi connectivity index (χ3n) is 2.17. The summed E-state index contributed by atoms with van der Waals surface area (Å²) < 4.78 is 37.0. The van der Waals surface area contributed by atoms with Gasteiger partial charge >= 0.3 is 6.18 Å². The summed E-state index contributed by atoms with van der Waals surface area (Å²) in [6.07, 6.45) is -3.08. The fraction of sp³-hybridized carbons (Fsp3) is 0.0909. The summed E-state index contributed by atoms with van der Waals surface area (Å²) in [6.45, 7) is 0. The number of hydrogen-bond acceptors (Lipinski definition) is 2. The smallest absolute Gasteiger partial charge is 0.236 e. The minimum Gasteiger partial charge on any atom is -0.236 e. The second kappa shape index (κ2) is 4.74. The summed E-state index contributed by atoms with van der Waals surface area (Å²) in [5.74, 6) is 0.0543. The van der Waals surface area contributed by atoms with Crippen LogP contribution >= 0.6 is 23.2 Å². The van der Waals surface area contributed by atoms with Gasteiger partial charge in [-0.15, -0.1) is 0 Å². The van der Waals surface area contributed by atoms with Crippen molar-refractivity contribution in [1.82, 2.24) is 9.97 Å². The van der Waals surface area contributed by atoms with Crippen LogP contribution in [0, 0.1) is 0 Å². The van der Waals surface area contributed by atoms with Gasteiger partial charge in [-0.05, 0) is 12.1 Å². The molecule has 0 unspecified atom stereocenters. The minimum absolute atomic E-state index is 0.0543. The molecule has 0 atom stereocenters. The molecule has 0 fully saturated rings. The Labute approximate surface area is 110 Å². The second-order valence-electron chi connectivity index (χ2n) is 3.39. The average molecular weight is 293 g/mol. The molecule has 0 spiro atoms. The molecular formula is C11H5Cl2F3N2. The number of alkyl halides is 3. The van der Waals surface area contributed by atoms with Gasteiger partial charge < -0.3 is 0 Å². The van der Waals surface area contributed by atoms with Crippen LogP contribution in [0.2, 0.25) is 10.0 Å². The quantitative estimate of drug-likeness (QED) is 0.775. The molecule has 1 aromatic carbocycles. The van der Waals surface area contributed by atoms with E-state index in [1.807, 2.05) is 0 Å². The molecule has 0 N–H and O–H groups in total. The van der Waals surface area contributed by atoms with Gasteiger partial charge in [0, 0.05) is 12.4 Å². The Balaban J connectivity index is 2.47. The molecule has 0 aliphatic carbocycles. The lowest BCUT2D eigenvalue weighted by atomic mass is 10.2. The zero-order valence-corrected chi connectivity index (χ0v) is 10.2. The number of benzene rings is 1. The summed E-state index contributed by atoms with van der Waals surface area (Å²) in [7, 11) is 0. The normalized spacial score (nSPS) is 11.6. The Kier molecular flexibility index (Phi) is 3.45. The second-order valence-corrected chi connectivity index (χ2v) is 4.20. The van der Waals surface area contributed by atoms with E-state index in [2.05, 4.69) is 9.97 Å². The molecule has 2 aromatic rings. The van der Waals surface area contributed by atoms with E-state index in [1.165, 1.54) is 0 Å². The summed E-state index contributed by atoms with van der Waals surface area (Å²) in [4.78, 5) is 7.27. The average Bonchev–Trinajstić information content (AvgIpc) is 2.28. The van der Waals surface area contributed by atoms with E-state index in [0.29, 0.717) is 18.0 Å². The molecule has 0 aliphatic rings. The molecule has 2 nitrogen and oxygen atoms in total. The van der Waals surface area contributed by atoms with E-state index in [4.69, 9.17) is 23.2 Å². The highest BCUT2D eigenvalue weighted by molar-refractivity contribution is 6.38. The predicted octanol–water partition coefficient (Wildman–Crippen LogP) is 4.47. The largest absolute Gasteiger partial charge is 0.419 e. The maximum Gasteiger partial charge on any atom is 0.419 e. The molecule has 0 radical (unpaired) electrons. The molecule has 0 aliphatic heterocycles.